The van der Waals surface area contributed by atoms with Crippen molar-refractivity contribution in [2.45, 2.75) is 0 Å². The molecule has 1 heterocycles. The van der Waals surface area contributed by atoms with Crippen LogP contribution in [-0.2, 0) is 22.3 Å². The van der Waals surface area contributed by atoms with Gasteiger partial charge < -0.3 is 29.5 Å². The van der Waals surface area contributed by atoms with Crippen LogP contribution in [0.5, 0.6) is 0 Å². The number of para-hydroxylation sites is 2. The molecule has 0 saturated heterocycles. The normalized spacial score (nSPS) is 12.8. The van der Waals surface area contributed by atoms with E-state index in [4.69, 9.17) is 24.5 Å². The van der Waals surface area contributed by atoms with Crippen molar-refractivity contribution >= 4 is 34.5 Å². The minimum atomic E-state index is -5.46. The van der Waals surface area contributed by atoms with Crippen LogP contribution < -0.4 is 0 Å². The van der Waals surface area contributed by atoms with Gasteiger partial charge in [-0.3, -0.25) is 0 Å². The first-order valence-corrected chi connectivity index (χ1v) is 9.68. The number of rotatable bonds is 4. The van der Waals surface area contributed by atoms with E-state index >= 15 is 0 Å². The largest absolute Gasteiger partial charge is 0.490 e. The van der Waals surface area contributed by atoms with Crippen molar-refractivity contribution in [3.63, 3.8) is 0 Å². The Balaban J connectivity index is 0.000000231. The number of nitrogens with zero attached hydrogens (tertiary/aromatic N) is 1. The number of hydrogen-bond donors (Lipinski definition) is 6. The highest BCUT2D eigenvalue weighted by molar-refractivity contribution is 7.66. The lowest BCUT2D eigenvalue weighted by Crippen LogP contribution is -1.91. The first kappa shape index (κ1) is 19.1. The van der Waals surface area contributed by atoms with Gasteiger partial charge in [0.25, 0.3) is 0 Å². The number of benzene rings is 1. The second-order valence-corrected chi connectivity index (χ2v) is 7.74. The summed E-state index contributed by atoms with van der Waals surface area (Å²) < 4.78 is 36.4. The van der Waals surface area contributed by atoms with Gasteiger partial charge in [0.15, 0.2) is 0 Å². The van der Waals surface area contributed by atoms with Crippen LogP contribution in [-0.4, -0.2) is 34.4 Å². The van der Waals surface area contributed by atoms with E-state index in [1.165, 1.54) is 0 Å². The lowest BCUT2D eigenvalue weighted by atomic mass is 10.3. The molecule has 0 aliphatic rings. The van der Waals surface area contributed by atoms with E-state index in [0.717, 1.165) is 11.0 Å². The lowest BCUT2D eigenvalue weighted by Gasteiger charge is -2.11. The molecule has 0 aliphatic carbocycles. The van der Waals surface area contributed by atoms with Crippen LogP contribution in [0.3, 0.4) is 0 Å². The third-order valence-electron chi connectivity index (χ3n) is 1.75. The Morgan fingerprint density at radius 3 is 1.86 bits per heavy atom. The first-order chi connectivity index (χ1) is 9.88. The van der Waals surface area contributed by atoms with Gasteiger partial charge in [-0.25, -0.2) is 18.7 Å². The summed E-state index contributed by atoms with van der Waals surface area (Å²) >= 11 is 0. The summed E-state index contributed by atoms with van der Waals surface area (Å²) in [5.41, 5.74) is 2.12. The van der Waals surface area contributed by atoms with Crippen molar-refractivity contribution in [1.29, 1.82) is 0 Å². The average molecular weight is 376 g/mol. The third-order valence-corrected chi connectivity index (χ3v) is 5.10. The van der Waals surface area contributed by atoms with Crippen molar-refractivity contribution < 1.29 is 46.8 Å². The predicted octanol–water partition coefficient (Wildman–Crippen LogP) is 0.868. The summed E-state index contributed by atoms with van der Waals surface area (Å²) in [6.07, 6.45) is 1.70. The summed E-state index contributed by atoms with van der Waals surface area (Å²) in [5.74, 6) is 0. The van der Waals surface area contributed by atoms with Gasteiger partial charge in [0.1, 0.15) is 0 Å². The van der Waals surface area contributed by atoms with Crippen LogP contribution in [0.25, 0.3) is 11.0 Å². The SMILES string of the molecule is O=P(O)(O)OP(=O)(O)OP(=O)(O)O.c1ccc2[nH]cnc2c1. The number of imidazole rings is 1. The molecular weight excluding hydrogens is 365 g/mol. The molecule has 22 heavy (non-hydrogen) atoms. The second kappa shape index (κ2) is 7.12. The van der Waals surface area contributed by atoms with Gasteiger partial charge in [0, 0.05) is 0 Å². The molecule has 1 aromatic heterocycles. The summed E-state index contributed by atoms with van der Waals surface area (Å²) in [6.45, 7) is 0. The second-order valence-electron chi connectivity index (χ2n) is 3.53. The highest BCUT2D eigenvalue weighted by Gasteiger charge is 2.38. The summed E-state index contributed by atoms with van der Waals surface area (Å²) in [7, 11) is -16.2. The maximum atomic E-state index is 10.4. The smallest absolute Gasteiger partial charge is 0.345 e. The summed E-state index contributed by atoms with van der Waals surface area (Å²) in [5, 5.41) is 0. The number of hydrogen-bond acceptors (Lipinski definition) is 6. The number of nitrogens with one attached hydrogen (secondary N) is 1. The molecule has 15 heteroatoms. The number of phosphoric acid groups is 3. The molecule has 2 rings (SSSR count). The molecule has 1 aromatic carbocycles. The monoisotopic (exact) mass is 376 g/mol. The molecule has 12 nitrogen and oxygen atoms in total. The molecule has 2 aromatic rings. The number of H-pyrrole nitrogens is 1. The molecule has 0 fully saturated rings. The molecule has 0 aliphatic heterocycles. The van der Waals surface area contributed by atoms with Crippen molar-refractivity contribution in [2.75, 3.05) is 0 Å². The Bertz CT molecular complexity index is 704. The Kier molecular flexibility index (Phi) is 6.19. The topological polar surface area (TPSA) is 200 Å². The maximum absolute atomic E-state index is 10.4. The van der Waals surface area contributed by atoms with Crippen LogP contribution in [0.15, 0.2) is 30.6 Å². The van der Waals surface area contributed by atoms with Gasteiger partial charge >= 0.3 is 23.5 Å². The van der Waals surface area contributed by atoms with Crippen molar-refractivity contribution in [3.8, 4) is 0 Å². The van der Waals surface area contributed by atoms with Gasteiger partial charge in [0.2, 0.25) is 0 Å². The molecular formula is C7H11N2O10P3. The molecule has 0 bridgehead atoms. The Labute approximate surface area is 122 Å². The molecule has 0 saturated carbocycles. The molecule has 0 amide bonds. The molecule has 6 N–H and O–H groups in total. The van der Waals surface area contributed by atoms with Gasteiger partial charge in [-0.15, -0.1) is 0 Å². The van der Waals surface area contributed by atoms with Gasteiger partial charge in [-0.05, 0) is 12.1 Å². The minimum absolute atomic E-state index is 1.03. The van der Waals surface area contributed by atoms with E-state index in [9.17, 15) is 13.7 Å². The predicted molar refractivity (Wildman–Crippen MR) is 72.2 cm³/mol. The fraction of sp³-hybridized carbons (Fsp3) is 0. The first-order valence-electron chi connectivity index (χ1n) is 5.13. The third kappa shape index (κ3) is 7.92. The van der Waals surface area contributed by atoms with E-state index in [0.29, 0.717) is 0 Å². The van der Waals surface area contributed by atoms with Crippen LogP contribution in [0.1, 0.15) is 0 Å². The molecule has 0 unspecified atom stereocenters. The van der Waals surface area contributed by atoms with Gasteiger partial charge in [-0.2, -0.15) is 8.62 Å². The average Bonchev–Trinajstić information content (AvgIpc) is 2.70. The lowest BCUT2D eigenvalue weighted by molar-refractivity contribution is 0.204. The highest BCUT2D eigenvalue weighted by Crippen LogP contribution is 2.64. The zero-order valence-electron chi connectivity index (χ0n) is 10.5. The van der Waals surface area contributed by atoms with Gasteiger partial charge in [0.05, 0.1) is 17.4 Å². The number of aromatic nitrogens is 2. The van der Waals surface area contributed by atoms with Gasteiger partial charge in [-0.1, -0.05) is 12.1 Å². The molecule has 0 atom stereocenters. The van der Waals surface area contributed by atoms with Crippen molar-refractivity contribution in [3.05, 3.63) is 30.6 Å². The Morgan fingerprint density at radius 1 is 0.909 bits per heavy atom. The van der Waals surface area contributed by atoms with Crippen LogP contribution >= 0.6 is 23.5 Å². The minimum Gasteiger partial charge on any atom is -0.345 e. The van der Waals surface area contributed by atoms with E-state index in [2.05, 4.69) is 18.6 Å². The Hall–Kier alpha value is -0.900. The quantitative estimate of drug-likeness (QED) is 0.414. The molecule has 0 spiro atoms. The number of aromatic amines is 1. The standard InChI is InChI=1S/C7H6N2.H5O10P3/c1-2-4-7-6(3-1)8-5-9-7;1-11(2,3)9-13(7,8)10-12(4,5)6/h1-5H,(H,8,9);(H,7,8)(H2,1,2,3)(H2,4,5,6). The summed E-state index contributed by atoms with van der Waals surface area (Å²) in [6, 6.07) is 7.94. The van der Waals surface area contributed by atoms with Crippen LogP contribution in [0, 0.1) is 0 Å². The molecule has 124 valence electrons. The van der Waals surface area contributed by atoms with E-state index in [-0.39, 0.29) is 0 Å². The van der Waals surface area contributed by atoms with Crippen LogP contribution in [0.2, 0.25) is 0 Å². The summed E-state index contributed by atoms with van der Waals surface area (Å²) in [4.78, 5) is 47.3. The fourth-order valence-corrected chi connectivity index (χ4v) is 3.70. The van der Waals surface area contributed by atoms with Crippen LogP contribution in [0.4, 0.5) is 0 Å². The Morgan fingerprint density at radius 2 is 1.41 bits per heavy atom. The van der Waals surface area contributed by atoms with E-state index in [1.54, 1.807) is 6.33 Å². The van der Waals surface area contributed by atoms with Crippen molar-refractivity contribution in [1.82, 2.24) is 9.97 Å². The van der Waals surface area contributed by atoms with E-state index < -0.39 is 23.5 Å². The molecule has 0 radical (unpaired) electrons. The zero-order chi connectivity index (χ0) is 17.0. The zero-order valence-corrected chi connectivity index (χ0v) is 13.1. The number of fused-ring (bicyclic) bond motifs is 1. The van der Waals surface area contributed by atoms with Crippen molar-refractivity contribution in [2.24, 2.45) is 0 Å². The fourth-order valence-electron chi connectivity index (χ4n) is 1.16. The van der Waals surface area contributed by atoms with E-state index in [1.807, 2.05) is 24.3 Å². The highest BCUT2D eigenvalue weighted by atomic mass is 31.3. The maximum Gasteiger partial charge on any atom is 0.490 e.